The van der Waals surface area contributed by atoms with E-state index in [1.54, 1.807) is 36.1 Å². The number of amides is 1. The molecule has 0 saturated carbocycles. The van der Waals surface area contributed by atoms with Crippen molar-refractivity contribution in [3.8, 4) is 11.5 Å². The zero-order chi connectivity index (χ0) is 22.0. The molecule has 0 unspecified atom stereocenters. The third-order valence-electron chi connectivity index (χ3n) is 5.32. The third-order valence-corrected chi connectivity index (χ3v) is 5.57. The molecule has 0 bridgehead atoms. The first-order valence-electron chi connectivity index (χ1n) is 10.0. The third kappa shape index (κ3) is 4.16. The average molecular weight is 442 g/mol. The molecule has 1 amide bonds. The second-order valence-electron chi connectivity index (χ2n) is 7.27. The summed E-state index contributed by atoms with van der Waals surface area (Å²) in [6, 6.07) is 12.1. The van der Waals surface area contributed by atoms with E-state index in [0.29, 0.717) is 34.8 Å². The van der Waals surface area contributed by atoms with Crippen LogP contribution in [0, 0.1) is 5.92 Å². The Morgan fingerprint density at radius 1 is 1.23 bits per heavy atom. The molecular weight excluding hydrogens is 418 g/mol. The van der Waals surface area contributed by atoms with Gasteiger partial charge in [0.05, 0.1) is 25.7 Å². The quantitative estimate of drug-likeness (QED) is 0.601. The second kappa shape index (κ2) is 8.85. The lowest BCUT2D eigenvalue weighted by atomic mass is 9.85. The van der Waals surface area contributed by atoms with Crippen molar-refractivity contribution in [2.24, 2.45) is 5.92 Å². The van der Waals surface area contributed by atoms with Gasteiger partial charge in [0.15, 0.2) is 11.5 Å². The van der Waals surface area contributed by atoms with E-state index in [1.807, 2.05) is 32.0 Å². The number of aromatic nitrogens is 3. The predicted molar refractivity (Wildman–Crippen MR) is 119 cm³/mol. The molecule has 3 atom stereocenters. The number of hydrogen-bond donors (Lipinski definition) is 2. The summed E-state index contributed by atoms with van der Waals surface area (Å²) in [5.74, 6) is 1.26. The van der Waals surface area contributed by atoms with Gasteiger partial charge in [-0.25, -0.2) is 4.68 Å². The number of hydrogen-bond acceptors (Lipinski definition) is 6. The Balaban J connectivity index is 1.73. The van der Waals surface area contributed by atoms with Crippen LogP contribution in [0.1, 0.15) is 25.5 Å². The molecule has 0 fully saturated rings. The monoisotopic (exact) mass is 441 g/mol. The number of nitrogens with zero attached hydrogens (tertiary/aromatic N) is 3. The number of carbonyl (C=O) groups is 1. The number of ether oxygens (including phenoxy) is 2. The first kappa shape index (κ1) is 21.0. The van der Waals surface area contributed by atoms with Crippen LogP contribution in [0.4, 0.5) is 11.6 Å². The van der Waals surface area contributed by atoms with Gasteiger partial charge < -0.3 is 20.1 Å². The van der Waals surface area contributed by atoms with Gasteiger partial charge in [0.1, 0.15) is 6.33 Å². The first-order chi connectivity index (χ1) is 15.0. The van der Waals surface area contributed by atoms with Gasteiger partial charge >= 0.3 is 0 Å². The molecule has 3 aromatic rings. The molecule has 31 heavy (non-hydrogen) atoms. The highest BCUT2D eigenvalue weighted by Gasteiger charge is 2.41. The van der Waals surface area contributed by atoms with Gasteiger partial charge in [-0.3, -0.25) is 4.79 Å². The normalized spacial score (nSPS) is 19.8. The maximum atomic E-state index is 13.4. The summed E-state index contributed by atoms with van der Waals surface area (Å²) < 4.78 is 12.9. The van der Waals surface area contributed by atoms with Gasteiger partial charge in [-0.15, -0.1) is 0 Å². The van der Waals surface area contributed by atoms with Gasteiger partial charge in [-0.1, -0.05) is 17.7 Å². The van der Waals surface area contributed by atoms with Crippen LogP contribution in [-0.2, 0) is 4.79 Å². The van der Waals surface area contributed by atoms with Gasteiger partial charge in [-0.2, -0.15) is 10.1 Å². The highest BCUT2D eigenvalue weighted by Crippen LogP contribution is 2.39. The van der Waals surface area contributed by atoms with Crippen LogP contribution in [0.25, 0.3) is 0 Å². The number of halogens is 1. The summed E-state index contributed by atoms with van der Waals surface area (Å²) in [5, 5.41) is 11.3. The highest BCUT2D eigenvalue weighted by atomic mass is 35.5. The van der Waals surface area contributed by atoms with Crippen LogP contribution in [0.5, 0.6) is 11.5 Å². The molecule has 8 nitrogen and oxygen atoms in total. The minimum atomic E-state index is -0.465. The summed E-state index contributed by atoms with van der Waals surface area (Å²) in [7, 11) is 1.60. The Morgan fingerprint density at radius 3 is 2.71 bits per heavy atom. The fourth-order valence-corrected chi connectivity index (χ4v) is 4.02. The lowest BCUT2D eigenvalue weighted by Gasteiger charge is -2.37. The SMILES string of the molecule is CCOc1ccc([C@@H]2[C@@H](C(=O)Nc3ccc(Cl)cc3)[C@@H](C)Nc3ncnn32)cc1OC. The molecule has 2 N–H and O–H groups in total. The van der Waals surface area contributed by atoms with Crippen molar-refractivity contribution in [1.82, 2.24) is 14.8 Å². The lowest BCUT2D eigenvalue weighted by Crippen LogP contribution is -2.46. The van der Waals surface area contributed by atoms with Crippen molar-refractivity contribution in [1.29, 1.82) is 0 Å². The summed E-state index contributed by atoms with van der Waals surface area (Å²) in [6.07, 6.45) is 1.48. The van der Waals surface area contributed by atoms with Crippen molar-refractivity contribution in [3.63, 3.8) is 0 Å². The minimum Gasteiger partial charge on any atom is -0.493 e. The van der Waals surface area contributed by atoms with Gasteiger partial charge in [0.2, 0.25) is 11.9 Å². The summed E-state index contributed by atoms with van der Waals surface area (Å²) in [6.45, 7) is 4.41. The predicted octanol–water partition coefficient (Wildman–Crippen LogP) is 4.00. The molecule has 9 heteroatoms. The smallest absolute Gasteiger partial charge is 0.232 e. The number of anilines is 2. The van der Waals surface area contributed by atoms with E-state index >= 15 is 0 Å². The largest absolute Gasteiger partial charge is 0.493 e. The summed E-state index contributed by atoms with van der Waals surface area (Å²) in [4.78, 5) is 17.7. The standard InChI is InChI=1S/C22H24ClN5O3/c1-4-31-17-10-5-14(11-18(17)30-3)20-19(13(2)26-22-24-12-25-28(20)22)21(29)27-16-8-6-15(23)7-9-16/h5-13,19-20H,4H2,1-3H3,(H,27,29)(H,24,25,26)/t13-,19+,20-/m1/s1. The van der Waals surface area contributed by atoms with Crippen molar-refractivity contribution in [2.75, 3.05) is 24.4 Å². The van der Waals surface area contributed by atoms with Crippen LogP contribution in [-0.4, -0.2) is 40.4 Å². The molecule has 1 aliphatic rings. The Hall–Kier alpha value is -3.26. The van der Waals surface area contributed by atoms with Crippen molar-refractivity contribution < 1.29 is 14.3 Å². The number of fused-ring (bicyclic) bond motifs is 1. The van der Waals surface area contributed by atoms with Crippen LogP contribution in [0.2, 0.25) is 5.02 Å². The molecule has 1 aromatic heterocycles. The Labute approximate surface area is 185 Å². The molecule has 162 valence electrons. The molecule has 0 saturated heterocycles. The zero-order valence-corrected chi connectivity index (χ0v) is 18.3. The lowest BCUT2D eigenvalue weighted by molar-refractivity contribution is -0.121. The van der Waals surface area contributed by atoms with Gasteiger partial charge in [0.25, 0.3) is 0 Å². The molecule has 2 heterocycles. The molecule has 0 spiro atoms. The molecule has 0 aliphatic carbocycles. The van der Waals surface area contributed by atoms with Gasteiger partial charge in [-0.05, 0) is 55.8 Å². The van der Waals surface area contributed by atoms with E-state index in [0.717, 1.165) is 5.56 Å². The Kier molecular flexibility index (Phi) is 5.99. The van der Waals surface area contributed by atoms with Gasteiger partial charge in [0, 0.05) is 16.8 Å². The molecule has 0 radical (unpaired) electrons. The topological polar surface area (TPSA) is 90.3 Å². The van der Waals surface area contributed by atoms with E-state index < -0.39 is 5.92 Å². The van der Waals surface area contributed by atoms with E-state index in [4.69, 9.17) is 21.1 Å². The number of carbonyl (C=O) groups excluding carboxylic acids is 1. The van der Waals surface area contributed by atoms with Crippen LogP contribution in [0.15, 0.2) is 48.8 Å². The highest BCUT2D eigenvalue weighted by molar-refractivity contribution is 6.30. The molecule has 2 aromatic carbocycles. The fraction of sp³-hybridized carbons (Fsp3) is 0.318. The minimum absolute atomic E-state index is 0.138. The summed E-state index contributed by atoms with van der Waals surface area (Å²) in [5.41, 5.74) is 1.55. The number of methoxy groups -OCH3 is 1. The molecular formula is C22H24ClN5O3. The second-order valence-corrected chi connectivity index (χ2v) is 7.71. The van der Waals surface area contributed by atoms with Crippen LogP contribution >= 0.6 is 11.6 Å². The van der Waals surface area contributed by atoms with Crippen LogP contribution < -0.4 is 20.1 Å². The number of nitrogens with one attached hydrogen (secondary N) is 2. The van der Waals surface area contributed by atoms with Crippen molar-refractivity contribution in [3.05, 3.63) is 59.4 Å². The number of rotatable bonds is 6. The maximum Gasteiger partial charge on any atom is 0.232 e. The maximum absolute atomic E-state index is 13.4. The van der Waals surface area contributed by atoms with E-state index in [2.05, 4.69) is 20.7 Å². The fourth-order valence-electron chi connectivity index (χ4n) is 3.90. The Morgan fingerprint density at radius 2 is 2.00 bits per heavy atom. The van der Waals surface area contributed by atoms with Crippen molar-refractivity contribution in [2.45, 2.75) is 25.9 Å². The average Bonchev–Trinajstić information content (AvgIpc) is 3.23. The van der Waals surface area contributed by atoms with E-state index in [-0.39, 0.29) is 18.0 Å². The molecule has 1 aliphatic heterocycles. The van der Waals surface area contributed by atoms with Crippen LogP contribution in [0.3, 0.4) is 0 Å². The van der Waals surface area contributed by atoms with Crippen molar-refractivity contribution >= 4 is 29.1 Å². The van der Waals surface area contributed by atoms with E-state index in [9.17, 15) is 4.79 Å². The first-order valence-corrected chi connectivity index (χ1v) is 10.4. The summed E-state index contributed by atoms with van der Waals surface area (Å²) >= 11 is 5.97. The molecule has 4 rings (SSSR count). The number of benzene rings is 2. The van der Waals surface area contributed by atoms with E-state index in [1.165, 1.54) is 6.33 Å². The zero-order valence-electron chi connectivity index (χ0n) is 17.5. The Bertz CT molecular complexity index is 1070.